The van der Waals surface area contributed by atoms with Crippen LogP contribution < -0.4 is 10.6 Å². The smallest absolute Gasteiger partial charge is 0.205 e. The van der Waals surface area contributed by atoms with E-state index in [1.54, 1.807) is 11.3 Å². The van der Waals surface area contributed by atoms with Crippen molar-refractivity contribution in [1.82, 2.24) is 15.5 Å². The van der Waals surface area contributed by atoms with Crippen molar-refractivity contribution in [3.8, 4) is 0 Å². The van der Waals surface area contributed by atoms with E-state index in [1.165, 1.54) is 38.6 Å². The number of hydrogen-bond acceptors (Lipinski definition) is 5. The highest BCUT2D eigenvalue weighted by Crippen LogP contribution is 2.34. The maximum Gasteiger partial charge on any atom is 0.205 e. The zero-order valence-electron chi connectivity index (χ0n) is 11.0. The second-order valence-corrected chi connectivity index (χ2v) is 6.47. The molecule has 5 heteroatoms. The molecule has 100 valence electrons. The Morgan fingerprint density at radius 1 is 1.28 bits per heavy atom. The number of rotatable bonds is 4. The van der Waals surface area contributed by atoms with Gasteiger partial charge in [-0.3, -0.25) is 0 Å². The van der Waals surface area contributed by atoms with Crippen LogP contribution in [0.5, 0.6) is 0 Å². The number of anilines is 1. The molecule has 1 saturated carbocycles. The molecule has 2 N–H and O–H groups in total. The van der Waals surface area contributed by atoms with E-state index in [1.807, 2.05) is 0 Å². The van der Waals surface area contributed by atoms with Crippen LogP contribution in [0.15, 0.2) is 0 Å². The van der Waals surface area contributed by atoms with Crippen LogP contribution in [-0.2, 0) is 6.42 Å². The third-order valence-corrected chi connectivity index (χ3v) is 5.26. The van der Waals surface area contributed by atoms with Gasteiger partial charge in [0.25, 0.3) is 0 Å². The number of hydrogen-bond donors (Lipinski definition) is 2. The lowest BCUT2D eigenvalue weighted by molar-refractivity contribution is 0.376. The second kappa shape index (κ2) is 5.53. The Morgan fingerprint density at radius 3 is 2.94 bits per heavy atom. The highest BCUT2D eigenvalue weighted by molar-refractivity contribution is 7.15. The van der Waals surface area contributed by atoms with Gasteiger partial charge < -0.3 is 10.6 Å². The molecular weight excluding hydrogens is 244 g/mol. The normalized spacial score (nSPS) is 31.9. The Hall–Kier alpha value is -0.680. The van der Waals surface area contributed by atoms with Crippen molar-refractivity contribution in [2.24, 2.45) is 5.92 Å². The molecule has 18 heavy (non-hydrogen) atoms. The molecule has 1 saturated heterocycles. The van der Waals surface area contributed by atoms with Gasteiger partial charge in [0.15, 0.2) is 0 Å². The Balaban J connectivity index is 1.63. The van der Waals surface area contributed by atoms with E-state index >= 15 is 0 Å². The molecule has 0 aromatic carbocycles. The van der Waals surface area contributed by atoms with Gasteiger partial charge in [-0.2, -0.15) is 0 Å². The van der Waals surface area contributed by atoms with Gasteiger partial charge in [0.05, 0.1) is 0 Å². The number of aromatic nitrogens is 2. The van der Waals surface area contributed by atoms with Crippen molar-refractivity contribution in [2.45, 2.75) is 57.5 Å². The molecule has 1 aliphatic heterocycles. The average Bonchev–Trinajstić information content (AvgIpc) is 3.09. The fourth-order valence-corrected chi connectivity index (χ4v) is 4.08. The molecule has 1 aromatic rings. The van der Waals surface area contributed by atoms with E-state index in [2.05, 4.69) is 27.8 Å². The van der Waals surface area contributed by atoms with Crippen molar-refractivity contribution in [3.63, 3.8) is 0 Å². The quantitative estimate of drug-likeness (QED) is 0.879. The lowest BCUT2D eigenvalue weighted by atomic mass is 9.93. The van der Waals surface area contributed by atoms with E-state index in [-0.39, 0.29) is 0 Å². The molecule has 1 aromatic heterocycles. The number of aryl methyl sites for hydroxylation is 1. The standard InChI is InChI=1S/C13H22N4S/c1-2-12-16-17-13(18-12)15-11-6-3-5-9(11)10-7-4-8-14-10/h9-11,14H,2-8H2,1H3,(H,15,17). The molecule has 3 rings (SSSR count). The fraction of sp³-hybridized carbons (Fsp3) is 0.846. The SMILES string of the molecule is CCc1nnc(NC2CCCC2C2CCCN2)s1. The third kappa shape index (κ3) is 2.52. The molecule has 3 unspecified atom stereocenters. The first-order valence-corrected chi connectivity index (χ1v) is 8.00. The first-order valence-electron chi connectivity index (χ1n) is 7.19. The molecule has 4 nitrogen and oxygen atoms in total. The van der Waals surface area contributed by atoms with Gasteiger partial charge in [-0.25, -0.2) is 0 Å². The Morgan fingerprint density at radius 2 is 2.22 bits per heavy atom. The van der Waals surface area contributed by atoms with E-state index in [0.29, 0.717) is 6.04 Å². The maximum atomic E-state index is 4.25. The van der Waals surface area contributed by atoms with Crippen LogP contribution in [0.25, 0.3) is 0 Å². The molecule has 1 aliphatic carbocycles. The zero-order chi connectivity index (χ0) is 12.4. The van der Waals surface area contributed by atoms with E-state index in [0.717, 1.165) is 28.5 Å². The molecule has 0 spiro atoms. The molecule has 0 bridgehead atoms. The first-order chi connectivity index (χ1) is 8.86. The zero-order valence-corrected chi connectivity index (χ0v) is 11.8. The largest absolute Gasteiger partial charge is 0.357 e. The molecular formula is C13H22N4S. The minimum atomic E-state index is 0.596. The van der Waals surface area contributed by atoms with Gasteiger partial charge >= 0.3 is 0 Å². The summed E-state index contributed by atoms with van der Waals surface area (Å²) in [6.07, 6.45) is 7.65. The summed E-state index contributed by atoms with van der Waals surface area (Å²) in [5.74, 6) is 0.779. The Bertz CT molecular complexity index is 386. The summed E-state index contributed by atoms with van der Waals surface area (Å²) in [5.41, 5.74) is 0. The summed E-state index contributed by atoms with van der Waals surface area (Å²) in [6.45, 7) is 3.33. The summed E-state index contributed by atoms with van der Waals surface area (Å²) in [6, 6.07) is 1.32. The molecule has 2 fully saturated rings. The highest BCUT2D eigenvalue weighted by Gasteiger charge is 2.35. The number of nitrogens with zero attached hydrogens (tertiary/aromatic N) is 2. The predicted molar refractivity (Wildman–Crippen MR) is 75.1 cm³/mol. The first kappa shape index (κ1) is 12.4. The molecule has 2 heterocycles. The second-order valence-electron chi connectivity index (χ2n) is 5.40. The van der Waals surface area contributed by atoms with Crippen LogP contribution in [0.1, 0.15) is 44.0 Å². The van der Waals surface area contributed by atoms with E-state index in [4.69, 9.17) is 0 Å². The molecule has 0 radical (unpaired) electrons. The van der Waals surface area contributed by atoms with E-state index < -0.39 is 0 Å². The lowest BCUT2D eigenvalue weighted by Gasteiger charge is -2.26. The molecule has 3 atom stereocenters. The van der Waals surface area contributed by atoms with Crippen LogP contribution in [0.2, 0.25) is 0 Å². The van der Waals surface area contributed by atoms with Gasteiger partial charge in [0, 0.05) is 12.1 Å². The Labute approximate surface area is 113 Å². The van der Waals surface area contributed by atoms with E-state index in [9.17, 15) is 0 Å². The van der Waals surface area contributed by atoms with Crippen molar-refractivity contribution in [1.29, 1.82) is 0 Å². The van der Waals surface area contributed by atoms with Crippen molar-refractivity contribution in [3.05, 3.63) is 5.01 Å². The summed E-state index contributed by atoms with van der Waals surface area (Å²) in [5, 5.41) is 17.9. The fourth-order valence-electron chi connectivity index (χ4n) is 3.34. The number of nitrogens with one attached hydrogen (secondary N) is 2. The topological polar surface area (TPSA) is 49.8 Å². The van der Waals surface area contributed by atoms with Crippen molar-refractivity contribution < 1.29 is 0 Å². The average molecular weight is 266 g/mol. The van der Waals surface area contributed by atoms with Crippen LogP contribution in [0.3, 0.4) is 0 Å². The summed E-state index contributed by atoms with van der Waals surface area (Å²) in [4.78, 5) is 0. The summed E-state index contributed by atoms with van der Waals surface area (Å²) < 4.78 is 0. The van der Waals surface area contributed by atoms with Gasteiger partial charge in [0.1, 0.15) is 5.01 Å². The lowest BCUT2D eigenvalue weighted by Crippen LogP contribution is -2.38. The predicted octanol–water partition coefficient (Wildman–Crippen LogP) is 2.43. The van der Waals surface area contributed by atoms with Crippen molar-refractivity contribution >= 4 is 16.5 Å². The van der Waals surface area contributed by atoms with Crippen LogP contribution in [-0.4, -0.2) is 28.8 Å². The van der Waals surface area contributed by atoms with Gasteiger partial charge in [-0.05, 0) is 44.6 Å². The van der Waals surface area contributed by atoms with Gasteiger partial charge in [-0.1, -0.05) is 24.7 Å². The minimum Gasteiger partial charge on any atom is -0.357 e. The van der Waals surface area contributed by atoms with Crippen molar-refractivity contribution in [2.75, 3.05) is 11.9 Å². The Kier molecular flexibility index (Phi) is 3.80. The molecule has 2 aliphatic rings. The van der Waals surface area contributed by atoms with Gasteiger partial charge in [-0.15, -0.1) is 10.2 Å². The highest BCUT2D eigenvalue weighted by atomic mass is 32.1. The summed E-state index contributed by atoms with van der Waals surface area (Å²) in [7, 11) is 0. The maximum absolute atomic E-state index is 4.25. The summed E-state index contributed by atoms with van der Waals surface area (Å²) >= 11 is 1.71. The third-order valence-electron chi connectivity index (χ3n) is 4.26. The van der Waals surface area contributed by atoms with Gasteiger partial charge in [0.2, 0.25) is 5.13 Å². The molecule has 0 amide bonds. The van der Waals surface area contributed by atoms with Crippen LogP contribution >= 0.6 is 11.3 Å². The van der Waals surface area contributed by atoms with Crippen LogP contribution in [0.4, 0.5) is 5.13 Å². The monoisotopic (exact) mass is 266 g/mol. The van der Waals surface area contributed by atoms with Crippen LogP contribution in [0, 0.1) is 5.92 Å². The minimum absolute atomic E-state index is 0.596.